The number of guanidine groups is 1. The average Bonchev–Trinajstić information content (AvgIpc) is 2.69. The summed E-state index contributed by atoms with van der Waals surface area (Å²) in [5, 5.41) is 3.55. The second kappa shape index (κ2) is 10.0. The lowest BCUT2D eigenvalue weighted by atomic mass is 9.87. The first-order valence-corrected chi connectivity index (χ1v) is 11.6. The van der Waals surface area contributed by atoms with Gasteiger partial charge in [0.15, 0.2) is 5.96 Å². The molecular weight excluding hydrogens is 360 g/mol. The van der Waals surface area contributed by atoms with Gasteiger partial charge in [-0.15, -0.1) is 0 Å². The van der Waals surface area contributed by atoms with E-state index in [4.69, 9.17) is 9.73 Å². The van der Waals surface area contributed by atoms with E-state index in [1.54, 1.807) is 19.0 Å². The van der Waals surface area contributed by atoms with Gasteiger partial charge in [0, 0.05) is 50.8 Å². The number of carbonyl (C=O) groups is 1. The summed E-state index contributed by atoms with van der Waals surface area (Å²) >= 11 is 2.16. The minimum Gasteiger partial charge on any atom is -0.376 e. The monoisotopic (exact) mass is 396 g/mol. The first kappa shape index (κ1) is 20.8. The summed E-state index contributed by atoms with van der Waals surface area (Å²) in [6.45, 7) is 3.90. The fraction of sp³-hybridized carbons (Fsp3) is 0.900. The van der Waals surface area contributed by atoms with Gasteiger partial charge in [0.05, 0.1) is 6.10 Å². The highest BCUT2D eigenvalue weighted by Crippen LogP contribution is 2.42. The summed E-state index contributed by atoms with van der Waals surface area (Å²) in [4.78, 5) is 20.8. The number of nitrogens with zero attached hydrogens (tertiary/aromatic N) is 3. The Bertz CT molecular complexity index is 509. The molecule has 3 rings (SSSR count). The normalized spacial score (nSPS) is 26.1. The van der Waals surface area contributed by atoms with Crippen LogP contribution in [0, 0.1) is 0 Å². The Hall–Kier alpha value is -0.950. The van der Waals surface area contributed by atoms with Crippen molar-refractivity contribution in [2.45, 2.75) is 62.2 Å². The summed E-state index contributed by atoms with van der Waals surface area (Å²) in [6.07, 6.45) is 10.5. The molecule has 0 radical (unpaired) electrons. The highest BCUT2D eigenvalue weighted by molar-refractivity contribution is 8.00. The molecule has 3 aliphatic rings. The maximum Gasteiger partial charge on any atom is 0.243 e. The van der Waals surface area contributed by atoms with Crippen LogP contribution in [0.25, 0.3) is 0 Å². The number of rotatable bonds is 4. The molecule has 1 atom stereocenters. The van der Waals surface area contributed by atoms with Crippen LogP contribution < -0.4 is 5.32 Å². The highest BCUT2D eigenvalue weighted by atomic mass is 32.2. The van der Waals surface area contributed by atoms with E-state index >= 15 is 0 Å². The number of likely N-dealkylation sites (N-methyl/N-ethyl adjacent to an activating group) is 1. The van der Waals surface area contributed by atoms with Gasteiger partial charge in [0.1, 0.15) is 6.54 Å². The van der Waals surface area contributed by atoms with Crippen LogP contribution in [0.1, 0.15) is 51.4 Å². The molecule has 7 heteroatoms. The van der Waals surface area contributed by atoms with Crippen LogP contribution in [0.2, 0.25) is 0 Å². The lowest BCUT2D eigenvalue weighted by Crippen LogP contribution is -2.54. The van der Waals surface area contributed by atoms with E-state index in [-0.39, 0.29) is 18.6 Å². The summed E-state index contributed by atoms with van der Waals surface area (Å²) in [7, 11) is 3.57. The Labute approximate surface area is 168 Å². The molecule has 1 N–H and O–H groups in total. The molecule has 6 nitrogen and oxygen atoms in total. The Balaban J connectivity index is 1.65. The minimum atomic E-state index is 0.0435. The smallest absolute Gasteiger partial charge is 0.243 e. The fourth-order valence-electron chi connectivity index (χ4n) is 4.25. The molecule has 2 heterocycles. The van der Waals surface area contributed by atoms with E-state index in [0.717, 1.165) is 44.4 Å². The standard InChI is InChI=1S/C20H36N4O2S/c1-23(2)18(25)15-22-19(21-14-17-8-4-7-12-26-17)24-11-13-27-20(16-24)9-5-3-6-10-20/h17H,3-16H2,1-2H3,(H,21,22). The number of nitrogens with one attached hydrogen (secondary N) is 1. The number of carbonyl (C=O) groups excluding carboxylic acids is 1. The SMILES string of the molecule is CN(C)C(=O)CN=C(NCC1CCCCO1)N1CCSC2(CCCCC2)C1. The van der Waals surface area contributed by atoms with Gasteiger partial charge < -0.3 is 19.9 Å². The van der Waals surface area contributed by atoms with E-state index in [9.17, 15) is 4.79 Å². The van der Waals surface area contributed by atoms with Gasteiger partial charge in [0.2, 0.25) is 5.91 Å². The van der Waals surface area contributed by atoms with Crippen molar-refractivity contribution in [3.63, 3.8) is 0 Å². The number of thioether (sulfide) groups is 1. The Kier molecular flexibility index (Phi) is 7.70. The van der Waals surface area contributed by atoms with Crippen LogP contribution in [0.3, 0.4) is 0 Å². The second-order valence-electron chi connectivity index (χ2n) is 8.31. The average molecular weight is 397 g/mol. The third kappa shape index (κ3) is 6.01. The molecule has 0 aromatic heterocycles. The van der Waals surface area contributed by atoms with Crippen molar-refractivity contribution in [1.29, 1.82) is 0 Å². The van der Waals surface area contributed by atoms with Gasteiger partial charge >= 0.3 is 0 Å². The molecule has 1 unspecified atom stereocenters. The molecule has 1 aliphatic carbocycles. The van der Waals surface area contributed by atoms with Crippen LogP contribution in [0.15, 0.2) is 4.99 Å². The van der Waals surface area contributed by atoms with Gasteiger partial charge in [-0.2, -0.15) is 11.8 Å². The van der Waals surface area contributed by atoms with E-state index in [0.29, 0.717) is 4.75 Å². The molecule has 0 bridgehead atoms. The fourth-order valence-corrected chi connectivity index (χ4v) is 5.82. The van der Waals surface area contributed by atoms with E-state index < -0.39 is 0 Å². The van der Waals surface area contributed by atoms with Crippen LogP contribution in [-0.4, -0.2) is 85.2 Å². The van der Waals surface area contributed by atoms with E-state index in [1.807, 2.05) is 0 Å². The van der Waals surface area contributed by atoms with Crippen LogP contribution >= 0.6 is 11.8 Å². The van der Waals surface area contributed by atoms with Crippen molar-refractivity contribution in [3.05, 3.63) is 0 Å². The third-order valence-electron chi connectivity index (χ3n) is 5.94. The maximum absolute atomic E-state index is 12.1. The first-order valence-electron chi connectivity index (χ1n) is 10.6. The quantitative estimate of drug-likeness (QED) is 0.584. The molecule has 0 aromatic carbocycles. The van der Waals surface area contributed by atoms with Gasteiger partial charge in [-0.3, -0.25) is 4.79 Å². The Morgan fingerprint density at radius 3 is 2.78 bits per heavy atom. The number of ether oxygens (including phenoxy) is 1. The number of amides is 1. The van der Waals surface area contributed by atoms with Crippen molar-refractivity contribution in [2.24, 2.45) is 4.99 Å². The number of aliphatic imine (C=N–C) groups is 1. The molecule has 2 aliphatic heterocycles. The zero-order valence-electron chi connectivity index (χ0n) is 17.0. The van der Waals surface area contributed by atoms with Crippen LogP contribution in [-0.2, 0) is 9.53 Å². The molecule has 1 saturated carbocycles. The molecule has 27 heavy (non-hydrogen) atoms. The van der Waals surface area contributed by atoms with E-state index in [2.05, 4.69) is 22.0 Å². The number of hydrogen-bond acceptors (Lipinski definition) is 4. The largest absolute Gasteiger partial charge is 0.376 e. The molecule has 2 saturated heterocycles. The Morgan fingerprint density at radius 1 is 1.26 bits per heavy atom. The predicted octanol–water partition coefficient (Wildman–Crippen LogP) is 2.34. The summed E-state index contributed by atoms with van der Waals surface area (Å²) in [6, 6.07) is 0. The van der Waals surface area contributed by atoms with Crippen molar-refractivity contribution in [3.8, 4) is 0 Å². The first-order chi connectivity index (χ1) is 13.1. The van der Waals surface area contributed by atoms with Gasteiger partial charge in [-0.1, -0.05) is 19.3 Å². The van der Waals surface area contributed by atoms with Crippen molar-refractivity contribution < 1.29 is 9.53 Å². The lowest BCUT2D eigenvalue weighted by Gasteiger charge is -2.45. The Morgan fingerprint density at radius 2 is 2.07 bits per heavy atom. The second-order valence-corrected chi connectivity index (χ2v) is 9.87. The highest BCUT2D eigenvalue weighted by Gasteiger charge is 2.38. The van der Waals surface area contributed by atoms with Gasteiger partial charge in [-0.25, -0.2) is 4.99 Å². The minimum absolute atomic E-state index is 0.0435. The van der Waals surface area contributed by atoms with Crippen molar-refractivity contribution in [1.82, 2.24) is 15.1 Å². The van der Waals surface area contributed by atoms with Crippen LogP contribution in [0.4, 0.5) is 0 Å². The zero-order chi connectivity index (χ0) is 19.1. The lowest BCUT2D eigenvalue weighted by molar-refractivity contribution is -0.127. The molecule has 1 spiro atoms. The summed E-state index contributed by atoms with van der Waals surface area (Å²) in [5.74, 6) is 2.08. The van der Waals surface area contributed by atoms with E-state index in [1.165, 1.54) is 44.9 Å². The molecule has 154 valence electrons. The third-order valence-corrected chi connectivity index (χ3v) is 7.47. The molecular formula is C20H36N4O2S. The predicted molar refractivity (Wildman–Crippen MR) is 112 cm³/mol. The molecule has 1 amide bonds. The molecule has 0 aromatic rings. The zero-order valence-corrected chi connectivity index (χ0v) is 17.9. The van der Waals surface area contributed by atoms with Crippen molar-refractivity contribution in [2.75, 3.05) is 52.6 Å². The number of hydrogen-bond donors (Lipinski definition) is 1. The van der Waals surface area contributed by atoms with Crippen LogP contribution in [0.5, 0.6) is 0 Å². The summed E-state index contributed by atoms with van der Waals surface area (Å²) < 4.78 is 6.25. The van der Waals surface area contributed by atoms with Gasteiger partial charge in [0.25, 0.3) is 0 Å². The van der Waals surface area contributed by atoms with Crippen molar-refractivity contribution >= 4 is 23.6 Å². The van der Waals surface area contributed by atoms with Gasteiger partial charge in [-0.05, 0) is 32.1 Å². The summed E-state index contributed by atoms with van der Waals surface area (Å²) in [5.41, 5.74) is 0. The topological polar surface area (TPSA) is 57.2 Å². The molecule has 3 fully saturated rings. The maximum atomic E-state index is 12.1.